The number of hydrogen-bond acceptors (Lipinski definition) is 4. The van der Waals surface area contributed by atoms with Crippen molar-refractivity contribution in [3.8, 4) is 0 Å². The molecule has 2 aromatic rings. The molecule has 1 aromatic heterocycles. The topological polar surface area (TPSA) is 66.9 Å². The molecule has 0 fully saturated rings. The highest BCUT2D eigenvalue weighted by atomic mass is 32.1. The summed E-state index contributed by atoms with van der Waals surface area (Å²) in [6.45, 7) is 8.31. The molecule has 5 nitrogen and oxygen atoms in total. The lowest BCUT2D eigenvalue weighted by Gasteiger charge is -2.07. The number of aryl methyl sites for hydroxylation is 2. The average Bonchev–Trinajstić information content (AvgIpc) is 2.80. The minimum absolute atomic E-state index is 0.300. The van der Waals surface area contributed by atoms with Crippen LogP contribution >= 0.6 is 11.3 Å². The van der Waals surface area contributed by atoms with Gasteiger partial charge in [0.25, 0.3) is 0 Å². The molecule has 2 rings (SSSR count). The Morgan fingerprint density at radius 1 is 1.19 bits per heavy atom. The number of nitrogens with zero attached hydrogens (tertiary/aromatic N) is 2. The molecule has 0 aliphatic rings. The Hall–Kier alpha value is -1.95. The number of carbonyl (C=O) groups excluding carboxylic acids is 1. The van der Waals surface area contributed by atoms with Crippen molar-refractivity contribution in [3.05, 3.63) is 34.3 Å². The van der Waals surface area contributed by atoms with Gasteiger partial charge in [0.05, 0.1) is 0 Å². The van der Waals surface area contributed by atoms with Gasteiger partial charge in [-0.2, -0.15) is 0 Å². The molecule has 0 saturated carbocycles. The minimum Gasteiger partial charge on any atom is -0.308 e. The van der Waals surface area contributed by atoms with Gasteiger partial charge in [0.2, 0.25) is 5.13 Å². The van der Waals surface area contributed by atoms with E-state index in [0.29, 0.717) is 11.0 Å². The largest absolute Gasteiger partial charge is 0.325 e. The molecule has 2 amide bonds. The van der Waals surface area contributed by atoms with Crippen molar-refractivity contribution in [2.24, 2.45) is 5.92 Å². The van der Waals surface area contributed by atoms with Crippen LogP contribution in [0.25, 0.3) is 0 Å². The van der Waals surface area contributed by atoms with E-state index >= 15 is 0 Å². The SMILES string of the molecule is Cc1ccc(NC(=O)Nc2nnc(CC(C)C)s2)cc1C. The summed E-state index contributed by atoms with van der Waals surface area (Å²) in [6, 6.07) is 5.51. The number of benzene rings is 1. The maximum atomic E-state index is 11.9. The van der Waals surface area contributed by atoms with E-state index in [-0.39, 0.29) is 6.03 Å². The van der Waals surface area contributed by atoms with Crippen LogP contribution in [0, 0.1) is 19.8 Å². The summed E-state index contributed by atoms with van der Waals surface area (Å²) in [5, 5.41) is 15.0. The van der Waals surface area contributed by atoms with E-state index in [4.69, 9.17) is 0 Å². The van der Waals surface area contributed by atoms with Crippen molar-refractivity contribution in [2.75, 3.05) is 10.6 Å². The molecule has 0 unspecified atom stereocenters. The van der Waals surface area contributed by atoms with Gasteiger partial charge in [0, 0.05) is 12.1 Å². The van der Waals surface area contributed by atoms with Crippen molar-refractivity contribution in [1.29, 1.82) is 0 Å². The van der Waals surface area contributed by atoms with Crippen LogP contribution in [-0.2, 0) is 6.42 Å². The van der Waals surface area contributed by atoms with Gasteiger partial charge in [-0.3, -0.25) is 5.32 Å². The first kappa shape index (κ1) is 15.4. The van der Waals surface area contributed by atoms with Crippen LogP contribution in [0.2, 0.25) is 0 Å². The molecular formula is C15H20N4OS. The lowest BCUT2D eigenvalue weighted by Crippen LogP contribution is -2.19. The molecule has 1 aromatic carbocycles. The first-order chi connectivity index (χ1) is 9.94. The highest BCUT2D eigenvalue weighted by Crippen LogP contribution is 2.19. The maximum absolute atomic E-state index is 11.9. The molecule has 112 valence electrons. The van der Waals surface area contributed by atoms with E-state index in [1.165, 1.54) is 16.9 Å². The van der Waals surface area contributed by atoms with Crippen LogP contribution in [0.15, 0.2) is 18.2 Å². The van der Waals surface area contributed by atoms with Gasteiger partial charge in [-0.05, 0) is 43.0 Å². The third kappa shape index (κ3) is 4.53. The second-order valence-corrected chi connectivity index (χ2v) is 6.54. The zero-order chi connectivity index (χ0) is 15.4. The number of rotatable bonds is 4. The maximum Gasteiger partial charge on any atom is 0.325 e. The van der Waals surface area contributed by atoms with E-state index in [1.54, 1.807) is 0 Å². The Morgan fingerprint density at radius 3 is 2.62 bits per heavy atom. The fraction of sp³-hybridized carbons (Fsp3) is 0.400. The fourth-order valence-corrected chi connectivity index (χ4v) is 2.76. The quantitative estimate of drug-likeness (QED) is 0.897. The van der Waals surface area contributed by atoms with Crippen molar-refractivity contribution in [3.63, 3.8) is 0 Å². The van der Waals surface area contributed by atoms with Crippen LogP contribution in [0.5, 0.6) is 0 Å². The number of nitrogens with one attached hydrogen (secondary N) is 2. The van der Waals surface area contributed by atoms with Gasteiger partial charge in [-0.15, -0.1) is 10.2 Å². The van der Waals surface area contributed by atoms with E-state index in [0.717, 1.165) is 22.7 Å². The highest BCUT2D eigenvalue weighted by Gasteiger charge is 2.09. The number of hydrogen-bond donors (Lipinski definition) is 2. The molecule has 0 aliphatic heterocycles. The van der Waals surface area contributed by atoms with Gasteiger partial charge in [-0.1, -0.05) is 31.3 Å². The first-order valence-electron chi connectivity index (χ1n) is 6.91. The van der Waals surface area contributed by atoms with Crippen molar-refractivity contribution in [2.45, 2.75) is 34.1 Å². The summed E-state index contributed by atoms with van der Waals surface area (Å²) in [5.41, 5.74) is 3.11. The van der Waals surface area contributed by atoms with Crippen LogP contribution in [0.3, 0.4) is 0 Å². The average molecular weight is 304 g/mol. The number of amides is 2. The van der Waals surface area contributed by atoms with Gasteiger partial charge < -0.3 is 5.32 Å². The Morgan fingerprint density at radius 2 is 1.95 bits per heavy atom. The van der Waals surface area contributed by atoms with Gasteiger partial charge >= 0.3 is 6.03 Å². The molecule has 0 aliphatic carbocycles. The Bertz CT molecular complexity index is 636. The van der Waals surface area contributed by atoms with Crippen LogP contribution < -0.4 is 10.6 Å². The third-order valence-electron chi connectivity index (χ3n) is 3.03. The van der Waals surface area contributed by atoms with Crippen LogP contribution in [0.4, 0.5) is 15.6 Å². The van der Waals surface area contributed by atoms with Gasteiger partial charge in [0.1, 0.15) is 5.01 Å². The van der Waals surface area contributed by atoms with E-state index in [2.05, 4.69) is 34.7 Å². The number of urea groups is 1. The summed E-state index contributed by atoms with van der Waals surface area (Å²) in [6.07, 6.45) is 0.873. The Balaban J connectivity index is 1.95. The van der Waals surface area contributed by atoms with Crippen LogP contribution in [-0.4, -0.2) is 16.2 Å². The second-order valence-electron chi connectivity index (χ2n) is 5.48. The Labute approximate surface area is 128 Å². The van der Waals surface area contributed by atoms with Crippen molar-refractivity contribution in [1.82, 2.24) is 10.2 Å². The van der Waals surface area contributed by atoms with E-state index in [9.17, 15) is 4.79 Å². The zero-order valence-electron chi connectivity index (χ0n) is 12.7. The molecule has 0 spiro atoms. The van der Waals surface area contributed by atoms with Crippen molar-refractivity contribution < 1.29 is 4.79 Å². The predicted octanol–water partition coefficient (Wildman–Crippen LogP) is 4.00. The predicted molar refractivity (Wildman–Crippen MR) is 87.0 cm³/mol. The van der Waals surface area contributed by atoms with Gasteiger partial charge in [-0.25, -0.2) is 4.79 Å². The molecular weight excluding hydrogens is 284 g/mol. The molecule has 1 heterocycles. The fourth-order valence-electron chi connectivity index (χ4n) is 1.81. The summed E-state index contributed by atoms with van der Waals surface area (Å²) in [7, 11) is 0. The zero-order valence-corrected chi connectivity index (χ0v) is 13.5. The minimum atomic E-state index is -0.300. The lowest BCUT2D eigenvalue weighted by atomic mass is 10.1. The monoisotopic (exact) mass is 304 g/mol. The van der Waals surface area contributed by atoms with E-state index in [1.807, 2.05) is 32.0 Å². The molecule has 21 heavy (non-hydrogen) atoms. The Kier molecular flexibility index (Phi) is 4.90. The van der Waals surface area contributed by atoms with E-state index < -0.39 is 0 Å². The standard InChI is InChI=1S/C15H20N4OS/c1-9(2)7-13-18-19-15(21-13)17-14(20)16-12-6-5-10(3)11(4)8-12/h5-6,8-9H,7H2,1-4H3,(H2,16,17,19,20). The lowest BCUT2D eigenvalue weighted by molar-refractivity contribution is 0.262. The van der Waals surface area contributed by atoms with Crippen molar-refractivity contribution >= 4 is 28.2 Å². The highest BCUT2D eigenvalue weighted by molar-refractivity contribution is 7.15. The molecule has 0 atom stereocenters. The second kappa shape index (κ2) is 6.67. The summed E-state index contributed by atoms with van der Waals surface area (Å²) >= 11 is 1.41. The third-order valence-corrected chi connectivity index (χ3v) is 3.90. The summed E-state index contributed by atoms with van der Waals surface area (Å²) in [4.78, 5) is 11.9. The number of aromatic nitrogens is 2. The number of carbonyl (C=O) groups is 1. The summed E-state index contributed by atoms with van der Waals surface area (Å²) in [5.74, 6) is 0.523. The molecule has 2 N–H and O–H groups in total. The van der Waals surface area contributed by atoms with Gasteiger partial charge in [0.15, 0.2) is 0 Å². The molecule has 6 heteroatoms. The van der Waals surface area contributed by atoms with Crippen LogP contribution in [0.1, 0.15) is 30.0 Å². The molecule has 0 saturated heterocycles. The first-order valence-corrected chi connectivity index (χ1v) is 7.73. The normalized spacial score (nSPS) is 10.7. The molecule has 0 radical (unpaired) electrons. The summed E-state index contributed by atoms with van der Waals surface area (Å²) < 4.78 is 0. The number of anilines is 2. The molecule has 0 bridgehead atoms. The smallest absolute Gasteiger partial charge is 0.308 e.